The highest BCUT2D eigenvalue weighted by Crippen LogP contribution is 2.33. The number of benzene rings is 2. The average Bonchev–Trinajstić information content (AvgIpc) is 2.59. The minimum Gasteiger partial charge on any atom is -0.494 e. The van der Waals surface area contributed by atoms with Crippen LogP contribution >= 0.6 is 0 Å². The molecular weight excluding hydrogens is 330 g/mol. The van der Waals surface area contributed by atoms with Crippen LogP contribution in [0.25, 0.3) is 0 Å². The Morgan fingerprint density at radius 1 is 1.23 bits per heavy atom. The summed E-state index contributed by atoms with van der Waals surface area (Å²) < 4.78 is 5.58. The number of carbonyl (C=O) groups is 1. The Labute approximate surface area is 153 Å². The van der Waals surface area contributed by atoms with Crippen molar-refractivity contribution in [1.29, 1.82) is 5.41 Å². The molecule has 0 spiro atoms. The third-order valence-electron chi connectivity index (χ3n) is 4.30. The second kappa shape index (κ2) is 7.91. The summed E-state index contributed by atoms with van der Waals surface area (Å²) in [5.74, 6) is -0.351. The van der Waals surface area contributed by atoms with E-state index in [4.69, 9.17) is 15.9 Å². The molecule has 0 radical (unpaired) electrons. The lowest BCUT2D eigenvalue weighted by Crippen LogP contribution is -2.43. The third kappa shape index (κ3) is 3.96. The van der Waals surface area contributed by atoms with Crippen molar-refractivity contribution in [2.45, 2.75) is 32.7 Å². The number of aliphatic carboxylic acids is 1. The summed E-state index contributed by atoms with van der Waals surface area (Å²) in [6.07, 6.45) is 0.339. The van der Waals surface area contributed by atoms with Gasteiger partial charge in [-0.2, -0.15) is 0 Å². The monoisotopic (exact) mass is 355 g/mol. The molecule has 2 aromatic rings. The van der Waals surface area contributed by atoms with Crippen LogP contribution in [0.2, 0.25) is 0 Å². The zero-order valence-corrected chi connectivity index (χ0v) is 15.3. The molecule has 5 N–H and O–H groups in total. The summed E-state index contributed by atoms with van der Waals surface area (Å²) >= 11 is 0. The predicted molar refractivity (Wildman–Crippen MR) is 103 cm³/mol. The van der Waals surface area contributed by atoms with Crippen molar-refractivity contribution in [3.63, 3.8) is 0 Å². The number of hydrogen-bond acceptors (Lipinski definition) is 4. The number of aryl methyl sites for hydroxylation is 1. The van der Waals surface area contributed by atoms with Crippen LogP contribution in [0.15, 0.2) is 42.5 Å². The Morgan fingerprint density at radius 2 is 1.88 bits per heavy atom. The fourth-order valence-corrected chi connectivity index (χ4v) is 2.92. The van der Waals surface area contributed by atoms with Crippen LogP contribution in [-0.4, -0.2) is 23.5 Å². The lowest BCUT2D eigenvalue weighted by atomic mass is 9.85. The maximum Gasteiger partial charge on any atom is 0.334 e. The molecule has 0 aliphatic rings. The highest BCUT2D eigenvalue weighted by atomic mass is 16.5. The van der Waals surface area contributed by atoms with Crippen molar-refractivity contribution in [2.24, 2.45) is 5.73 Å². The second-order valence-electron chi connectivity index (χ2n) is 6.15. The molecule has 0 saturated heterocycles. The summed E-state index contributed by atoms with van der Waals surface area (Å²) in [5, 5.41) is 20.7. The third-order valence-corrected chi connectivity index (χ3v) is 4.30. The van der Waals surface area contributed by atoms with Gasteiger partial charge < -0.3 is 20.9 Å². The Bertz CT molecular complexity index is 802. The Balaban J connectivity index is 2.48. The van der Waals surface area contributed by atoms with Crippen molar-refractivity contribution < 1.29 is 14.6 Å². The smallest absolute Gasteiger partial charge is 0.334 e. The van der Waals surface area contributed by atoms with Gasteiger partial charge in [0.25, 0.3) is 0 Å². The Morgan fingerprint density at radius 3 is 2.38 bits per heavy atom. The Kier molecular flexibility index (Phi) is 5.87. The number of carboxylic acid groups (broad SMARTS) is 1. The first kappa shape index (κ1) is 19.3. The van der Waals surface area contributed by atoms with E-state index in [1.807, 2.05) is 32.9 Å². The van der Waals surface area contributed by atoms with Crippen LogP contribution in [0.4, 0.5) is 5.69 Å². The highest BCUT2D eigenvalue weighted by Gasteiger charge is 2.39. The molecule has 6 nitrogen and oxygen atoms in total. The van der Waals surface area contributed by atoms with Crippen molar-refractivity contribution in [3.05, 3.63) is 59.2 Å². The number of nitrogen functional groups attached to an aromatic ring is 1. The number of rotatable bonds is 8. The summed E-state index contributed by atoms with van der Waals surface area (Å²) in [5.41, 5.74) is 6.96. The molecule has 138 valence electrons. The fourth-order valence-electron chi connectivity index (χ4n) is 2.92. The number of hydrogen-bond donors (Lipinski definition) is 4. The van der Waals surface area contributed by atoms with E-state index in [0.29, 0.717) is 35.6 Å². The first-order chi connectivity index (χ1) is 12.3. The van der Waals surface area contributed by atoms with E-state index >= 15 is 0 Å². The number of nitrogens with one attached hydrogen (secondary N) is 2. The molecule has 0 aliphatic heterocycles. The predicted octanol–water partition coefficient (Wildman–Crippen LogP) is 3.48. The topological polar surface area (TPSA) is 108 Å². The van der Waals surface area contributed by atoms with Crippen LogP contribution in [0.5, 0.6) is 5.75 Å². The maximum absolute atomic E-state index is 12.3. The zero-order chi connectivity index (χ0) is 19.3. The Hall–Kier alpha value is -3.02. The average molecular weight is 355 g/mol. The SMILES string of the molecule is CCOc1cc(C)cc(C(CC)(Nc2ccc(C(=N)N)cc2)C(=O)O)c1. The van der Waals surface area contributed by atoms with Gasteiger partial charge in [-0.1, -0.05) is 13.0 Å². The first-order valence-electron chi connectivity index (χ1n) is 8.53. The van der Waals surface area contributed by atoms with E-state index in [1.165, 1.54) is 0 Å². The molecule has 0 aromatic heterocycles. The second-order valence-corrected chi connectivity index (χ2v) is 6.15. The summed E-state index contributed by atoms with van der Waals surface area (Å²) in [4.78, 5) is 12.3. The molecule has 2 aromatic carbocycles. The quantitative estimate of drug-likeness (QED) is 0.428. The molecule has 0 amide bonds. The number of amidine groups is 1. The maximum atomic E-state index is 12.3. The molecule has 1 unspecified atom stereocenters. The molecular formula is C20H25N3O3. The summed E-state index contributed by atoms with van der Waals surface area (Å²) in [6, 6.07) is 12.3. The standard InChI is InChI=1S/C20H25N3O3/c1-4-20(19(24)25,15-10-13(3)11-17(12-15)26-5-2)23-16-8-6-14(7-9-16)18(21)22/h6-12,23H,4-5H2,1-3H3,(H3,21,22)(H,24,25). The molecule has 2 rings (SSSR count). The van der Waals surface area contributed by atoms with Gasteiger partial charge in [-0.05, 0) is 67.8 Å². The van der Waals surface area contributed by atoms with Crippen molar-refractivity contribution in [1.82, 2.24) is 0 Å². The van der Waals surface area contributed by atoms with Gasteiger partial charge in [0.1, 0.15) is 11.6 Å². The van der Waals surface area contributed by atoms with E-state index in [1.54, 1.807) is 30.3 Å². The minimum absolute atomic E-state index is 0.0309. The zero-order valence-electron chi connectivity index (χ0n) is 15.3. The fraction of sp³-hybridized carbons (Fsp3) is 0.300. The van der Waals surface area contributed by atoms with Crippen LogP contribution in [-0.2, 0) is 10.3 Å². The first-order valence-corrected chi connectivity index (χ1v) is 8.53. The van der Waals surface area contributed by atoms with E-state index in [9.17, 15) is 9.90 Å². The van der Waals surface area contributed by atoms with Gasteiger partial charge in [0.05, 0.1) is 6.61 Å². The number of anilines is 1. The molecule has 0 saturated carbocycles. The molecule has 0 fully saturated rings. The number of ether oxygens (including phenoxy) is 1. The van der Waals surface area contributed by atoms with E-state index in [-0.39, 0.29) is 5.84 Å². The van der Waals surface area contributed by atoms with E-state index < -0.39 is 11.5 Å². The lowest BCUT2D eigenvalue weighted by molar-refractivity contribution is -0.142. The van der Waals surface area contributed by atoms with Crippen LogP contribution in [0.1, 0.15) is 37.0 Å². The van der Waals surface area contributed by atoms with Gasteiger partial charge >= 0.3 is 5.97 Å². The highest BCUT2D eigenvalue weighted by molar-refractivity contribution is 5.95. The van der Waals surface area contributed by atoms with Gasteiger partial charge in [-0.3, -0.25) is 5.41 Å². The van der Waals surface area contributed by atoms with Crippen LogP contribution < -0.4 is 15.8 Å². The molecule has 6 heteroatoms. The lowest BCUT2D eigenvalue weighted by Gasteiger charge is -2.32. The molecule has 0 heterocycles. The van der Waals surface area contributed by atoms with Crippen LogP contribution in [0, 0.1) is 12.3 Å². The van der Waals surface area contributed by atoms with Gasteiger partial charge in [0.15, 0.2) is 5.54 Å². The van der Waals surface area contributed by atoms with Gasteiger partial charge in [0, 0.05) is 11.3 Å². The molecule has 1 atom stereocenters. The molecule has 26 heavy (non-hydrogen) atoms. The van der Waals surface area contributed by atoms with E-state index in [0.717, 1.165) is 5.56 Å². The van der Waals surface area contributed by atoms with Crippen molar-refractivity contribution in [2.75, 3.05) is 11.9 Å². The van der Waals surface area contributed by atoms with Gasteiger partial charge in [-0.25, -0.2) is 4.79 Å². The summed E-state index contributed by atoms with van der Waals surface area (Å²) in [6.45, 7) is 6.14. The largest absolute Gasteiger partial charge is 0.494 e. The van der Waals surface area contributed by atoms with Crippen molar-refractivity contribution in [3.8, 4) is 5.75 Å². The van der Waals surface area contributed by atoms with Crippen molar-refractivity contribution >= 4 is 17.5 Å². The minimum atomic E-state index is -1.30. The van der Waals surface area contributed by atoms with E-state index in [2.05, 4.69) is 5.32 Å². The number of nitrogens with two attached hydrogens (primary N) is 1. The van der Waals surface area contributed by atoms with Gasteiger partial charge in [-0.15, -0.1) is 0 Å². The van der Waals surface area contributed by atoms with Crippen LogP contribution in [0.3, 0.4) is 0 Å². The van der Waals surface area contributed by atoms with Gasteiger partial charge in [0.2, 0.25) is 0 Å². The molecule has 0 bridgehead atoms. The normalized spacial score (nSPS) is 12.9. The summed E-state index contributed by atoms with van der Waals surface area (Å²) in [7, 11) is 0. The molecule has 0 aliphatic carbocycles. The number of carboxylic acids is 1.